The second-order valence-corrected chi connectivity index (χ2v) is 9.11. The van der Waals surface area contributed by atoms with Gasteiger partial charge in [-0.25, -0.2) is 0 Å². The molecule has 0 aromatic heterocycles. The number of imide groups is 1. The number of hydrogen-bond donors (Lipinski definition) is 2. The van der Waals surface area contributed by atoms with Crippen LogP contribution in [0.5, 0.6) is 0 Å². The molecule has 0 spiro atoms. The van der Waals surface area contributed by atoms with Gasteiger partial charge in [0.05, 0.1) is 5.37 Å². The van der Waals surface area contributed by atoms with Crippen LogP contribution in [-0.4, -0.2) is 31.9 Å². The van der Waals surface area contributed by atoms with E-state index in [1.165, 1.54) is 0 Å². The van der Waals surface area contributed by atoms with Crippen molar-refractivity contribution in [2.24, 2.45) is 0 Å². The molecule has 5 nitrogen and oxygen atoms in total. The molecule has 1 saturated heterocycles. The first-order chi connectivity index (χ1) is 6.31. The number of amides is 2. The summed E-state index contributed by atoms with van der Waals surface area (Å²) < 4.78 is 0. The summed E-state index contributed by atoms with van der Waals surface area (Å²) in [4.78, 5) is 41.5. The molecule has 80 valence electrons. The highest BCUT2D eigenvalue weighted by Gasteiger charge is 2.34. The molecule has 14 heavy (non-hydrogen) atoms. The van der Waals surface area contributed by atoms with Crippen molar-refractivity contribution in [2.45, 2.75) is 25.1 Å². The Labute approximate surface area is 90.4 Å². The van der Waals surface area contributed by atoms with E-state index in [1.807, 2.05) is 0 Å². The predicted molar refractivity (Wildman–Crippen MR) is 56.9 cm³/mol. The van der Waals surface area contributed by atoms with Gasteiger partial charge in [-0.3, -0.25) is 14.5 Å². The zero-order chi connectivity index (χ0) is 10.9. The molecule has 2 amide bonds. The number of nitrogens with zero attached hydrogens (tertiary/aromatic N) is 1. The van der Waals surface area contributed by atoms with Gasteiger partial charge >= 0.3 is 0 Å². The highest BCUT2D eigenvalue weighted by Crippen LogP contribution is 2.53. The number of likely N-dealkylation sites (tertiary alicyclic amines) is 1. The minimum atomic E-state index is -3.42. The maximum Gasteiger partial charge on any atom is 0.244 e. The number of carbonyl (C=O) groups excluding carboxylic acids is 2. The van der Waals surface area contributed by atoms with Crippen molar-refractivity contribution < 1.29 is 19.4 Å². The Balaban J connectivity index is 2.69. The summed E-state index contributed by atoms with van der Waals surface area (Å²) in [5, 5.41) is -0.599. The van der Waals surface area contributed by atoms with Gasteiger partial charge in [0.2, 0.25) is 17.5 Å². The summed E-state index contributed by atoms with van der Waals surface area (Å²) in [7, 11) is 0. The zero-order valence-corrected chi connectivity index (χ0v) is 9.94. The highest BCUT2D eigenvalue weighted by atomic mass is 32.9. The molecule has 0 aliphatic carbocycles. The Morgan fingerprint density at radius 3 is 2.21 bits per heavy atom. The van der Waals surface area contributed by atoms with E-state index in [0.717, 1.165) is 4.90 Å². The van der Waals surface area contributed by atoms with Gasteiger partial charge in [-0.1, -0.05) is 0 Å². The molecule has 0 aromatic carbocycles. The average Bonchev–Trinajstić information content (AvgIpc) is 2.27. The quantitative estimate of drug-likeness (QED) is 0.562. The van der Waals surface area contributed by atoms with Gasteiger partial charge in [0.1, 0.15) is 0 Å². The number of carbonyl (C=O) groups is 2. The van der Waals surface area contributed by atoms with Crippen molar-refractivity contribution in [3.8, 4) is 0 Å². The molecule has 1 heterocycles. The standard InChI is InChI=1S/C6H10NO4PS2/c1-4(14-12(10,11)13)7-5(8)2-3-6(7)9/h4H,2-3H2,1H3,(H2,10,11,13). The Bertz CT molecular complexity index is 299. The number of rotatable bonds is 3. The topological polar surface area (TPSA) is 77.8 Å². The second kappa shape index (κ2) is 4.28. The van der Waals surface area contributed by atoms with E-state index in [1.54, 1.807) is 6.92 Å². The van der Waals surface area contributed by atoms with E-state index in [-0.39, 0.29) is 24.7 Å². The third-order valence-electron chi connectivity index (χ3n) is 1.74. The minimum Gasteiger partial charge on any atom is -0.338 e. The van der Waals surface area contributed by atoms with E-state index in [9.17, 15) is 9.59 Å². The van der Waals surface area contributed by atoms with Gasteiger partial charge < -0.3 is 9.79 Å². The van der Waals surface area contributed by atoms with Crippen LogP contribution < -0.4 is 0 Å². The van der Waals surface area contributed by atoms with Crippen LogP contribution in [0.4, 0.5) is 0 Å². The van der Waals surface area contributed by atoms with Crippen molar-refractivity contribution in [1.82, 2.24) is 4.90 Å². The van der Waals surface area contributed by atoms with Crippen molar-refractivity contribution in [2.75, 3.05) is 0 Å². The molecule has 1 rings (SSSR count). The molecule has 0 radical (unpaired) electrons. The van der Waals surface area contributed by atoms with Gasteiger partial charge in [0.15, 0.2) is 0 Å². The molecule has 0 aromatic rings. The fraction of sp³-hybridized carbons (Fsp3) is 0.667. The lowest BCUT2D eigenvalue weighted by Gasteiger charge is -2.22. The van der Waals surface area contributed by atoms with Gasteiger partial charge in [-0.05, 0) is 30.1 Å². The van der Waals surface area contributed by atoms with E-state index in [0.29, 0.717) is 11.4 Å². The molecule has 1 aliphatic heterocycles. The monoisotopic (exact) mass is 255 g/mol. The minimum absolute atomic E-state index is 0.198. The largest absolute Gasteiger partial charge is 0.338 e. The van der Waals surface area contributed by atoms with Gasteiger partial charge in [-0.2, -0.15) is 0 Å². The highest BCUT2D eigenvalue weighted by molar-refractivity contribution is 8.67. The molecule has 2 N–H and O–H groups in total. The summed E-state index contributed by atoms with van der Waals surface area (Å²) >= 11 is 5.09. The molecular formula is C6H10NO4PS2. The normalized spacial score (nSPS) is 20.4. The first-order valence-electron chi connectivity index (χ1n) is 3.90. The summed E-state index contributed by atoms with van der Waals surface area (Å²) in [5.74, 6) is -0.558. The van der Waals surface area contributed by atoms with Crippen LogP contribution in [0.1, 0.15) is 19.8 Å². The van der Waals surface area contributed by atoms with Crippen LogP contribution in [0.2, 0.25) is 0 Å². The fourth-order valence-corrected chi connectivity index (χ4v) is 4.57. The van der Waals surface area contributed by atoms with Crippen LogP contribution in [0.3, 0.4) is 0 Å². The second-order valence-electron chi connectivity index (χ2n) is 2.85. The molecule has 8 heteroatoms. The van der Waals surface area contributed by atoms with Crippen molar-refractivity contribution >= 4 is 40.7 Å². The lowest BCUT2D eigenvalue weighted by atomic mass is 10.4. The summed E-state index contributed by atoms with van der Waals surface area (Å²) in [6.07, 6.45) is 0.396. The third kappa shape index (κ3) is 3.03. The first kappa shape index (κ1) is 12.1. The summed E-state index contributed by atoms with van der Waals surface area (Å²) in [5.41, 5.74) is -3.42. The smallest absolute Gasteiger partial charge is 0.244 e. The Morgan fingerprint density at radius 1 is 1.43 bits per heavy atom. The summed E-state index contributed by atoms with van der Waals surface area (Å²) in [6, 6.07) is 0. The van der Waals surface area contributed by atoms with E-state index in [2.05, 4.69) is 11.8 Å². The van der Waals surface area contributed by atoms with Gasteiger partial charge in [0.25, 0.3) is 0 Å². The fourth-order valence-electron chi connectivity index (χ4n) is 1.25. The van der Waals surface area contributed by atoms with Crippen LogP contribution in [0.15, 0.2) is 0 Å². The summed E-state index contributed by atoms with van der Waals surface area (Å²) in [6.45, 7) is 1.55. The third-order valence-corrected chi connectivity index (χ3v) is 5.05. The van der Waals surface area contributed by atoms with E-state index >= 15 is 0 Å². The first-order valence-corrected chi connectivity index (χ1v) is 8.09. The molecule has 0 saturated carbocycles. The number of hydrogen-bond acceptors (Lipinski definition) is 4. The van der Waals surface area contributed by atoms with Gasteiger partial charge in [0, 0.05) is 12.8 Å². The lowest BCUT2D eigenvalue weighted by molar-refractivity contribution is -0.138. The Hall–Kier alpha value is 0.0600. The van der Waals surface area contributed by atoms with E-state index < -0.39 is 11.1 Å². The lowest BCUT2D eigenvalue weighted by Crippen LogP contribution is -2.35. The van der Waals surface area contributed by atoms with E-state index in [4.69, 9.17) is 9.79 Å². The predicted octanol–water partition coefficient (Wildman–Crippen LogP) is 0.424. The van der Waals surface area contributed by atoms with Crippen molar-refractivity contribution in [1.29, 1.82) is 0 Å². The maximum atomic E-state index is 11.2. The van der Waals surface area contributed by atoms with Crippen LogP contribution in [-0.2, 0) is 21.4 Å². The maximum absolute atomic E-state index is 11.2. The van der Waals surface area contributed by atoms with Crippen molar-refractivity contribution in [3.05, 3.63) is 0 Å². The molecule has 0 bridgehead atoms. The van der Waals surface area contributed by atoms with Crippen LogP contribution in [0.25, 0.3) is 0 Å². The van der Waals surface area contributed by atoms with Crippen LogP contribution in [0, 0.1) is 0 Å². The average molecular weight is 255 g/mol. The molecule has 1 aliphatic rings. The van der Waals surface area contributed by atoms with Crippen LogP contribution >= 0.6 is 17.1 Å². The molecule has 1 unspecified atom stereocenters. The Morgan fingerprint density at radius 2 is 1.86 bits per heavy atom. The molecule has 1 fully saturated rings. The van der Waals surface area contributed by atoms with Crippen molar-refractivity contribution in [3.63, 3.8) is 0 Å². The zero-order valence-electron chi connectivity index (χ0n) is 7.41. The molecule has 1 atom stereocenters. The molecular weight excluding hydrogens is 245 g/mol. The van der Waals surface area contributed by atoms with Gasteiger partial charge in [-0.15, -0.1) is 0 Å². The Kier molecular flexibility index (Phi) is 3.71. The SMILES string of the molecule is CC(SP(O)(O)=S)N1C(=O)CCC1=O.